The largest absolute Gasteiger partial charge is 0.481 e. The van der Waals surface area contributed by atoms with Crippen LogP contribution in [0.2, 0.25) is 0 Å². The molecule has 0 bridgehead atoms. The average molecular weight is 441 g/mol. The van der Waals surface area contributed by atoms with E-state index < -0.39 is 29.6 Å². The number of carbonyl (C=O) groups is 1. The maximum absolute atomic E-state index is 15.4. The van der Waals surface area contributed by atoms with Crippen LogP contribution in [0.4, 0.5) is 14.6 Å². The Kier molecular flexibility index (Phi) is 5.56. The van der Waals surface area contributed by atoms with E-state index in [4.69, 9.17) is 0 Å². The Morgan fingerprint density at radius 1 is 1.28 bits per heavy atom. The van der Waals surface area contributed by atoms with Crippen LogP contribution >= 0.6 is 0 Å². The molecule has 0 aliphatic carbocycles. The molecule has 0 saturated carbocycles. The second kappa shape index (κ2) is 8.33. The summed E-state index contributed by atoms with van der Waals surface area (Å²) in [6.45, 7) is 5.62. The van der Waals surface area contributed by atoms with E-state index in [-0.39, 0.29) is 17.3 Å². The van der Waals surface area contributed by atoms with Crippen molar-refractivity contribution in [3.05, 3.63) is 42.5 Å². The van der Waals surface area contributed by atoms with E-state index in [2.05, 4.69) is 30.4 Å². The van der Waals surface area contributed by atoms with Crippen LogP contribution in [-0.4, -0.2) is 46.8 Å². The number of aromatic nitrogens is 6. The average Bonchev–Trinajstić information content (AvgIpc) is 3.41. The van der Waals surface area contributed by atoms with Crippen LogP contribution in [0, 0.1) is 17.6 Å². The first-order valence-corrected chi connectivity index (χ1v) is 10.0. The van der Waals surface area contributed by atoms with Crippen LogP contribution in [0.5, 0.6) is 0 Å². The van der Waals surface area contributed by atoms with Gasteiger partial charge >= 0.3 is 5.97 Å². The number of fused-ring (bicyclic) bond motifs is 1. The van der Waals surface area contributed by atoms with E-state index in [1.165, 1.54) is 19.2 Å². The molecule has 166 valence electrons. The molecule has 0 aliphatic heterocycles. The predicted octanol–water partition coefficient (Wildman–Crippen LogP) is 3.70. The van der Waals surface area contributed by atoms with Gasteiger partial charge in [-0.15, -0.1) is 0 Å². The fourth-order valence-electron chi connectivity index (χ4n) is 3.23. The lowest BCUT2D eigenvalue weighted by atomic mass is 10.0. The van der Waals surface area contributed by atoms with Crippen molar-refractivity contribution in [1.82, 2.24) is 29.7 Å². The zero-order chi connectivity index (χ0) is 23.0. The number of nitrogens with zero attached hydrogens (tertiary/aromatic N) is 5. The van der Waals surface area contributed by atoms with Crippen LogP contribution in [0.25, 0.3) is 33.7 Å². The summed E-state index contributed by atoms with van der Waals surface area (Å²) in [6, 6.07) is 0.663. The number of nitrogens with one attached hydrogen (secondary N) is 2. The highest BCUT2D eigenvalue weighted by Crippen LogP contribution is 2.32. The molecular formula is C21H21F2N7O2. The summed E-state index contributed by atoms with van der Waals surface area (Å²) in [5.41, 5.74) is 1.28. The predicted molar refractivity (Wildman–Crippen MR) is 114 cm³/mol. The molecule has 0 radical (unpaired) electrons. The molecule has 0 aliphatic rings. The number of pyridine rings is 1. The van der Waals surface area contributed by atoms with Gasteiger partial charge in [0.05, 0.1) is 18.3 Å². The lowest BCUT2D eigenvalue weighted by molar-refractivity contribution is -0.141. The molecule has 4 aromatic rings. The van der Waals surface area contributed by atoms with Gasteiger partial charge in [-0.05, 0) is 26.8 Å². The van der Waals surface area contributed by atoms with Gasteiger partial charge in [0.2, 0.25) is 0 Å². The van der Waals surface area contributed by atoms with Crippen molar-refractivity contribution in [2.24, 2.45) is 5.92 Å². The van der Waals surface area contributed by atoms with Crippen molar-refractivity contribution in [1.29, 1.82) is 0 Å². The normalized spacial score (nSPS) is 13.3. The number of carboxylic acids is 1. The molecule has 0 saturated heterocycles. The van der Waals surface area contributed by atoms with Gasteiger partial charge in [-0.2, -0.15) is 5.10 Å². The van der Waals surface area contributed by atoms with Gasteiger partial charge in [0.15, 0.2) is 17.5 Å². The molecular weight excluding hydrogens is 420 g/mol. The summed E-state index contributed by atoms with van der Waals surface area (Å²) < 4.78 is 30.9. The summed E-state index contributed by atoms with van der Waals surface area (Å²) >= 11 is 0. The van der Waals surface area contributed by atoms with Crippen LogP contribution in [0.15, 0.2) is 30.9 Å². The second-order valence-electron chi connectivity index (χ2n) is 7.46. The number of carboxylic acid groups (broad SMARTS) is 1. The summed E-state index contributed by atoms with van der Waals surface area (Å²) in [5, 5.41) is 16.7. The molecule has 4 rings (SSSR count). The maximum atomic E-state index is 15.4. The quantitative estimate of drug-likeness (QED) is 0.400. The summed E-state index contributed by atoms with van der Waals surface area (Å²) in [6.07, 6.45) is 5.79. The minimum Gasteiger partial charge on any atom is -0.481 e. The van der Waals surface area contributed by atoms with E-state index in [1.807, 2.05) is 6.92 Å². The first-order chi connectivity index (χ1) is 15.3. The topological polar surface area (TPSA) is 122 Å². The van der Waals surface area contributed by atoms with E-state index in [9.17, 15) is 14.3 Å². The molecule has 4 heterocycles. The summed E-state index contributed by atoms with van der Waals surface area (Å²) in [4.78, 5) is 27.0. The number of halogens is 2. The van der Waals surface area contributed by atoms with Crippen molar-refractivity contribution in [2.45, 2.75) is 33.4 Å². The first kappa shape index (κ1) is 21.3. The number of H-pyrrole nitrogens is 1. The standard InChI is InChI=1S/C21H21F2N7O2/c1-4-30-9-12(6-26-30)17-16(23)20(27-11(3)10(2)21(31)32)29-19(28-17)15-8-25-18-14(15)5-13(22)7-24-18/h5-11H,4H2,1-3H3,(H,24,25)(H,31,32)(H,27,28,29)/t10-,11-/m0/s1. The van der Waals surface area contributed by atoms with Gasteiger partial charge < -0.3 is 15.4 Å². The molecule has 3 N–H and O–H groups in total. The van der Waals surface area contributed by atoms with Crippen molar-refractivity contribution in [3.8, 4) is 22.6 Å². The highest BCUT2D eigenvalue weighted by Gasteiger charge is 2.25. The third kappa shape index (κ3) is 3.88. The Morgan fingerprint density at radius 3 is 2.75 bits per heavy atom. The molecule has 9 nitrogen and oxygen atoms in total. The first-order valence-electron chi connectivity index (χ1n) is 10.0. The van der Waals surface area contributed by atoms with E-state index in [0.717, 1.165) is 6.20 Å². The Hall–Kier alpha value is -3.89. The number of aryl methyl sites for hydroxylation is 1. The molecule has 0 amide bonds. The van der Waals surface area contributed by atoms with Gasteiger partial charge in [-0.3, -0.25) is 9.48 Å². The van der Waals surface area contributed by atoms with Crippen molar-refractivity contribution in [3.63, 3.8) is 0 Å². The molecule has 2 atom stereocenters. The maximum Gasteiger partial charge on any atom is 0.308 e. The van der Waals surface area contributed by atoms with Crippen molar-refractivity contribution < 1.29 is 18.7 Å². The number of aromatic amines is 1. The molecule has 0 unspecified atom stereocenters. The SMILES string of the molecule is CCn1cc(-c2nc(-c3c[nH]c4ncc(F)cc34)nc(N[C@@H](C)[C@H](C)C(=O)O)c2F)cn1. The van der Waals surface area contributed by atoms with Crippen LogP contribution < -0.4 is 5.32 Å². The monoisotopic (exact) mass is 441 g/mol. The van der Waals surface area contributed by atoms with Gasteiger partial charge in [-0.1, -0.05) is 0 Å². The van der Waals surface area contributed by atoms with Gasteiger partial charge in [0.25, 0.3) is 0 Å². The van der Waals surface area contributed by atoms with E-state index in [1.54, 1.807) is 24.0 Å². The zero-order valence-electron chi connectivity index (χ0n) is 17.6. The minimum atomic E-state index is -1.03. The Bertz CT molecular complexity index is 1300. The molecule has 4 aromatic heterocycles. The summed E-state index contributed by atoms with van der Waals surface area (Å²) in [5.74, 6) is -3.13. The van der Waals surface area contributed by atoms with E-state index >= 15 is 4.39 Å². The smallest absolute Gasteiger partial charge is 0.308 e. The molecule has 11 heteroatoms. The zero-order valence-corrected chi connectivity index (χ0v) is 17.6. The number of aliphatic carboxylic acids is 1. The van der Waals surface area contributed by atoms with Gasteiger partial charge in [-0.25, -0.2) is 23.7 Å². The minimum absolute atomic E-state index is 0.00825. The van der Waals surface area contributed by atoms with Crippen molar-refractivity contribution in [2.75, 3.05) is 5.32 Å². The Labute approximate surface area is 181 Å². The third-order valence-corrected chi connectivity index (χ3v) is 5.32. The molecule has 0 fully saturated rings. The number of hydrogen-bond donors (Lipinski definition) is 3. The van der Waals surface area contributed by atoms with Crippen molar-refractivity contribution >= 4 is 22.8 Å². The van der Waals surface area contributed by atoms with Crippen LogP contribution in [-0.2, 0) is 11.3 Å². The molecule has 32 heavy (non-hydrogen) atoms. The number of anilines is 1. The fourth-order valence-corrected chi connectivity index (χ4v) is 3.23. The number of rotatable bonds is 7. The highest BCUT2D eigenvalue weighted by atomic mass is 19.1. The van der Waals surface area contributed by atoms with Gasteiger partial charge in [0.1, 0.15) is 17.2 Å². The molecule has 0 aromatic carbocycles. The highest BCUT2D eigenvalue weighted by molar-refractivity contribution is 5.92. The number of hydrogen-bond acceptors (Lipinski definition) is 6. The Balaban J connectivity index is 1.88. The lowest BCUT2D eigenvalue weighted by Gasteiger charge is -2.19. The third-order valence-electron chi connectivity index (χ3n) is 5.32. The lowest BCUT2D eigenvalue weighted by Crippen LogP contribution is -2.30. The van der Waals surface area contributed by atoms with Gasteiger partial charge in [0, 0.05) is 41.5 Å². The molecule has 0 spiro atoms. The fraction of sp³-hybridized carbons (Fsp3) is 0.286. The van der Waals surface area contributed by atoms with Crippen LogP contribution in [0.1, 0.15) is 20.8 Å². The Morgan fingerprint density at radius 2 is 2.06 bits per heavy atom. The summed E-state index contributed by atoms with van der Waals surface area (Å²) in [7, 11) is 0. The van der Waals surface area contributed by atoms with E-state index in [0.29, 0.717) is 28.7 Å². The second-order valence-corrected chi connectivity index (χ2v) is 7.46. The van der Waals surface area contributed by atoms with Crippen LogP contribution in [0.3, 0.4) is 0 Å².